The van der Waals surface area contributed by atoms with Crippen LogP contribution in [0.3, 0.4) is 0 Å². The Kier molecular flexibility index (Phi) is 6.15. The third kappa shape index (κ3) is 4.55. The number of benzene rings is 3. The van der Waals surface area contributed by atoms with E-state index < -0.39 is 0 Å². The van der Waals surface area contributed by atoms with Crippen molar-refractivity contribution in [1.82, 2.24) is 9.91 Å². The van der Waals surface area contributed by atoms with Gasteiger partial charge in [-0.15, -0.1) is 0 Å². The molecule has 0 amide bonds. The molecular formula is C24H24N4O2. The van der Waals surface area contributed by atoms with Crippen LogP contribution in [0.15, 0.2) is 90.0 Å². The summed E-state index contributed by atoms with van der Waals surface area (Å²) in [5, 5.41) is 17.7. The van der Waals surface area contributed by atoms with Gasteiger partial charge in [-0.1, -0.05) is 72.8 Å². The molecule has 0 aromatic heterocycles. The fourth-order valence-corrected chi connectivity index (χ4v) is 3.88. The second-order valence-electron chi connectivity index (χ2n) is 7.27. The first kappa shape index (κ1) is 19.8. The van der Waals surface area contributed by atoms with Crippen LogP contribution in [0.2, 0.25) is 0 Å². The fourth-order valence-electron chi connectivity index (χ4n) is 3.88. The molecule has 0 N–H and O–H groups in total. The van der Waals surface area contributed by atoms with Crippen LogP contribution in [0.1, 0.15) is 22.7 Å². The van der Waals surface area contributed by atoms with Gasteiger partial charge in [-0.3, -0.25) is 20.0 Å². The summed E-state index contributed by atoms with van der Waals surface area (Å²) in [4.78, 5) is 13.3. The van der Waals surface area contributed by atoms with E-state index in [0.717, 1.165) is 26.2 Å². The van der Waals surface area contributed by atoms with Crippen molar-refractivity contribution in [2.75, 3.05) is 26.2 Å². The van der Waals surface area contributed by atoms with Crippen molar-refractivity contribution in [3.8, 4) is 0 Å². The number of hydrogen-bond acceptors (Lipinski definition) is 5. The maximum Gasteiger partial charge on any atom is 0.278 e. The molecule has 152 valence electrons. The number of piperazine rings is 1. The van der Waals surface area contributed by atoms with E-state index in [4.69, 9.17) is 0 Å². The third-order valence-electron chi connectivity index (χ3n) is 5.38. The third-order valence-corrected chi connectivity index (χ3v) is 5.38. The van der Waals surface area contributed by atoms with Gasteiger partial charge in [0.1, 0.15) is 0 Å². The smallest absolute Gasteiger partial charge is 0.278 e. The van der Waals surface area contributed by atoms with Crippen LogP contribution < -0.4 is 0 Å². The lowest BCUT2D eigenvalue weighted by atomic mass is 9.96. The Morgan fingerprint density at radius 1 is 0.800 bits per heavy atom. The van der Waals surface area contributed by atoms with Gasteiger partial charge in [0, 0.05) is 32.2 Å². The lowest BCUT2D eigenvalue weighted by Crippen LogP contribution is -2.45. The predicted molar refractivity (Wildman–Crippen MR) is 119 cm³/mol. The number of nitro groups is 1. The maximum absolute atomic E-state index is 11.2. The van der Waals surface area contributed by atoms with E-state index in [2.05, 4.69) is 58.5 Å². The van der Waals surface area contributed by atoms with E-state index in [1.807, 2.05) is 17.1 Å². The van der Waals surface area contributed by atoms with E-state index in [1.165, 1.54) is 17.2 Å². The maximum atomic E-state index is 11.2. The van der Waals surface area contributed by atoms with Crippen molar-refractivity contribution in [2.45, 2.75) is 6.04 Å². The molecule has 1 fully saturated rings. The monoisotopic (exact) mass is 400 g/mol. The molecule has 0 unspecified atom stereocenters. The Balaban J connectivity index is 1.47. The SMILES string of the molecule is O=[N+]([O-])c1ccccc1/C=N\N1CCN(C(c2ccccc2)c2ccccc2)CC1. The molecule has 1 aliphatic heterocycles. The topological polar surface area (TPSA) is 62.0 Å². The molecular weight excluding hydrogens is 376 g/mol. The first-order valence-corrected chi connectivity index (χ1v) is 10.1. The Labute approximate surface area is 176 Å². The molecule has 0 aliphatic carbocycles. The predicted octanol–water partition coefficient (Wildman–Crippen LogP) is 4.34. The van der Waals surface area contributed by atoms with Crippen LogP contribution in [0, 0.1) is 10.1 Å². The van der Waals surface area contributed by atoms with Gasteiger partial charge >= 0.3 is 0 Å². The zero-order chi connectivity index (χ0) is 20.8. The average Bonchev–Trinajstić information content (AvgIpc) is 2.80. The summed E-state index contributed by atoms with van der Waals surface area (Å²) in [6.45, 7) is 3.27. The van der Waals surface area contributed by atoms with Crippen LogP contribution in [-0.2, 0) is 0 Å². The second-order valence-corrected chi connectivity index (χ2v) is 7.27. The highest BCUT2D eigenvalue weighted by atomic mass is 16.6. The van der Waals surface area contributed by atoms with Crippen molar-refractivity contribution in [3.63, 3.8) is 0 Å². The molecule has 6 nitrogen and oxygen atoms in total. The number of para-hydroxylation sites is 1. The van der Waals surface area contributed by atoms with Crippen LogP contribution in [0.25, 0.3) is 0 Å². The van der Waals surface area contributed by atoms with Gasteiger partial charge in [-0.05, 0) is 17.2 Å². The van der Waals surface area contributed by atoms with E-state index in [1.54, 1.807) is 24.4 Å². The van der Waals surface area contributed by atoms with E-state index in [0.29, 0.717) is 5.56 Å². The molecule has 0 bridgehead atoms. The van der Waals surface area contributed by atoms with E-state index in [-0.39, 0.29) is 16.7 Å². The van der Waals surface area contributed by atoms with Gasteiger partial charge in [0.25, 0.3) is 5.69 Å². The van der Waals surface area contributed by atoms with Crippen molar-refractivity contribution in [1.29, 1.82) is 0 Å². The lowest BCUT2D eigenvalue weighted by molar-refractivity contribution is -0.385. The summed E-state index contributed by atoms with van der Waals surface area (Å²) in [5.41, 5.74) is 3.16. The van der Waals surface area contributed by atoms with Crippen molar-refractivity contribution in [2.24, 2.45) is 5.10 Å². The van der Waals surface area contributed by atoms with Crippen LogP contribution in [0.4, 0.5) is 5.69 Å². The minimum atomic E-state index is -0.371. The summed E-state index contributed by atoms with van der Waals surface area (Å²) in [7, 11) is 0. The van der Waals surface area contributed by atoms with E-state index in [9.17, 15) is 10.1 Å². The molecule has 1 saturated heterocycles. The van der Waals surface area contributed by atoms with Crippen LogP contribution in [0.5, 0.6) is 0 Å². The summed E-state index contributed by atoms with van der Waals surface area (Å²) < 4.78 is 0. The summed E-state index contributed by atoms with van der Waals surface area (Å²) in [5.74, 6) is 0. The Hall–Kier alpha value is -3.51. The molecule has 1 aliphatic rings. The first-order valence-electron chi connectivity index (χ1n) is 10.1. The molecule has 1 heterocycles. The van der Waals surface area contributed by atoms with Crippen LogP contribution >= 0.6 is 0 Å². The molecule has 6 heteroatoms. The molecule has 0 saturated carbocycles. The molecule has 3 aromatic rings. The Bertz CT molecular complexity index is 960. The highest BCUT2D eigenvalue weighted by Gasteiger charge is 2.25. The zero-order valence-corrected chi connectivity index (χ0v) is 16.7. The number of hydrogen-bond donors (Lipinski definition) is 0. The second kappa shape index (κ2) is 9.33. The molecule has 0 atom stereocenters. The van der Waals surface area contributed by atoms with Crippen molar-refractivity contribution < 1.29 is 4.92 Å². The highest BCUT2D eigenvalue weighted by molar-refractivity contribution is 5.84. The highest BCUT2D eigenvalue weighted by Crippen LogP contribution is 2.29. The van der Waals surface area contributed by atoms with Crippen molar-refractivity contribution >= 4 is 11.9 Å². The van der Waals surface area contributed by atoms with Gasteiger partial charge in [0.05, 0.1) is 22.7 Å². The minimum Gasteiger partial charge on any atom is -0.294 e. The van der Waals surface area contributed by atoms with Crippen LogP contribution in [-0.4, -0.2) is 47.2 Å². The Morgan fingerprint density at radius 2 is 1.33 bits per heavy atom. The average molecular weight is 400 g/mol. The largest absolute Gasteiger partial charge is 0.294 e. The minimum absolute atomic E-state index is 0.0769. The standard InChI is InChI=1S/C24H24N4O2/c29-28(30)23-14-8-7-13-22(23)19-25-27-17-15-26(16-18-27)24(20-9-3-1-4-10-20)21-11-5-2-6-12-21/h1-14,19,24H,15-18H2/b25-19-. The summed E-state index contributed by atoms with van der Waals surface area (Å²) >= 11 is 0. The van der Waals surface area contributed by atoms with Gasteiger partial charge < -0.3 is 0 Å². The van der Waals surface area contributed by atoms with Gasteiger partial charge in [0.15, 0.2) is 0 Å². The molecule has 4 rings (SSSR count). The number of hydrazone groups is 1. The molecule has 30 heavy (non-hydrogen) atoms. The fraction of sp³-hybridized carbons (Fsp3) is 0.208. The molecule has 0 spiro atoms. The number of rotatable bonds is 6. The van der Waals surface area contributed by atoms with Crippen molar-refractivity contribution in [3.05, 3.63) is 112 Å². The van der Waals surface area contributed by atoms with Gasteiger partial charge in [-0.2, -0.15) is 5.10 Å². The van der Waals surface area contributed by atoms with Gasteiger partial charge in [-0.25, -0.2) is 0 Å². The normalized spacial score (nSPS) is 15.0. The van der Waals surface area contributed by atoms with Gasteiger partial charge in [0.2, 0.25) is 0 Å². The van der Waals surface area contributed by atoms with E-state index >= 15 is 0 Å². The summed E-state index contributed by atoms with van der Waals surface area (Å²) in [6, 6.07) is 28.0. The summed E-state index contributed by atoms with van der Waals surface area (Å²) in [6.07, 6.45) is 1.60. The zero-order valence-electron chi connectivity index (χ0n) is 16.7. The number of nitrogens with zero attached hydrogens (tertiary/aromatic N) is 4. The quantitative estimate of drug-likeness (QED) is 0.351. The Morgan fingerprint density at radius 3 is 1.90 bits per heavy atom. The molecule has 3 aromatic carbocycles. The lowest BCUT2D eigenvalue weighted by Gasteiger charge is -2.38. The number of nitro benzene ring substituents is 1. The first-order chi connectivity index (χ1) is 14.7. The molecule has 0 radical (unpaired) electrons.